The van der Waals surface area contributed by atoms with Gasteiger partial charge in [-0.1, -0.05) is 12.1 Å². The van der Waals surface area contributed by atoms with Crippen LogP contribution in [-0.4, -0.2) is 70.0 Å². The Balaban J connectivity index is 1.89. The number of aliphatic hydroxyl groups is 3. The van der Waals surface area contributed by atoms with E-state index in [4.69, 9.17) is 19.3 Å². The number of hydrogen-bond donors (Lipinski definition) is 4. The largest absolute Gasteiger partial charge is 0.497 e. The van der Waals surface area contributed by atoms with Gasteiger partial charge in [0.15, 0.2) is 6.17 Å². The van der Waals surface area contributed by atoms with E-state index in [-0.39, 0.29) is 12.0 Å². The van der Waals surface area contributed by atoms with Gasteiger partial charge in [0.2, 0.25) is 12.2 Å². The molecule has 4 N–H and O–H groups in total. The highest BCUT2D eigenvalue weighted by Crippen LogP contribution is 2.37. The van der Waals surface area contributed by atoms with Gasteiger partial charge in [-0.15, -0.1) is 5.10 Å². The molecule has 8 nitrogen and oxygen atoms in total. The number of aromatic amines is 1. The normalized spacial score (nSPS) is 27.1. The van der Waals surface area contributed by atoms with Gasteiger partial charge < -0.3 is 29.5 Å². The molecule has 12 heteroatoms. The van der Waals surface area contributed by atoms with Crippen LogP contribution in [0.3, 0.4) is 0 Å². The Labute approximate surface area is 168 Å². The lowest BCUT2D eigenvalue weighted by Gasteiger charge is -2.38. The summed E-state index contributed by atoms with van der Waals surface area (Å²) in [7, 11) is 1.45. The number of halogens is 4. The Bertz CT molecular complexity index is 842. The van der Waals surface area contributed by atoms with Crippen LogP contribution in [0.4, 0.5) is 17.6 Å². The van der Waals surface area contributed by atoms with Crippen molar-refractivity contribution in [1.82, 2.24) is 10.2 Å². The summed E-state index contributed by atoms with van der Waals surface area (Å²) in [5.41, 5.74) is -1.06. The van der Waals surface area contributed by atoms with Crippen molar-refractivity contribution in [3.63, 3.8) is 0 Å². The molecule has 0 spiro atoms. The molecule has 0 saturated carbocycles. The maximum absolute atomic E-state index is 13.9. The van der Waals surface area contributed by atoms with Crippen molar-refractivity contribution in [3.8, 4) is 11.6 Å². The predicted octanol–water partition coefficient (Wildman–Crippen LogP) is 1.18. The number of nitrogens with one attached hydrogen (secondary N) is 1. The third-order valence-electron chi connectivity index (χ3n) is 4.68. The average molecular weight is 436 g/mol. The Morgan fingerprint density at radius 3 is 2.40 bits per heavy atom. The lowest BCUT2D eigenvalue weighted by atomic mass is 10.0. The number of nitrogens with zero attached hydrogens (tertiary/aromatic N) is 1. The maximum Gasteiger partial charge on any atom is 0.433 e. The van der Waals surface area contributed by atoms with Gasteiger partial charge in [0.1, 0.15) is 29.8 Å². The van der Waals surface area contributed by atoms with Crippen molar-refractivity contribution < 1.29 is 47.1 Å². The molecule has 5 unspecified atom stereocenters. The first-order valence-corrected chi connectivity index (χ1v) is 8.86. The molecule has 1 aromatic carbocycles. The highest BCUT2D eigenvalue weighted by atomic mass is 19.4. The van der Waals surface area contributed by atoms with Crippen LogP contribution in [0.2, 0.25) is 0 Å². The van der Waals surface area contributed by atoms with Crippen LogP contribution < -0.4 is 9.47 Å². The summed E-state index contributed by atoms with van der Waals surface area (Å²) in [6.07, 6.45) is -14.3. The summed E-state index contributed by atoms with van der Waals surface area (Å²) in [4.78, 5) is 0. The molecule has 2 heterocycles. The van der Waals surface area contributed by atoms with Crippen LogP contribution in [0.25, 0.3) is 0 Å². The molecule has 1 aliphatic rings. The second kappa shape index (κ2) is 8.76. The topological polar surface area (TPSA) is 117 Å². The quantitative estimate of drug-likeness (QED) is 0.503. The molecule has 3 rings (SSSR count). The van der Waals surface area contributed by atoms with Crippen molar-refractivity contribution in [2.45, 2.75) is 43.4 Å². The van der Waals surface area contributed by atoms with Crippen LogP contribution in [-0.2, 0) is 17.3 Å². The van der Waals surface area contributed by atoms with E-state index in [9.17, 15) is 27.8 Å². The van der Waals surface area contributed by atoms with E-state index in [0.29, 0.717) is 11.3 Å². The SMILES string of the molecule is COc1ccc(Cc2c(OC3OC(CO)C(F)C(O)C3O)n[nH]c2C(F)(F)F)cc1. The van der Waals surface area contributed by atoms with Crippen LogP contribution in [0, 0.1) is 0 Å². The molecule has 5 atom stereocenters. The Kier molecular flexibility index (Phi) is 6.50. The van der Waals surface area contributed by atoms with E-state index >= 15 is 0 Å². The van der Waals surface area contributed by atoms with E-state index in [1.807, 2.05) is 5.10 Å². The summed E-state index contributed by atoms with van der Waals surface area (Å²) < 4.78 is 69.5. The molecule has 1 saturated heterocycles. The van der Waals surface area contributed by atoms with E-state index in [1.54, 1.807) is 24.3 Å². The molecule has 0 radical (unpaired) electrons. The number of benzene rings is 1. The van der Waals surface area contributed by atoms with Crippen LogP contribution in [0.1, 0.15) is 16.8 Å². The highest BCUT2D eigenvalue weighted by Gasteiger charge is 2.47. The van der Waals surface area contributed by atoms with Crippen molar-refractivity contribution >= 4 is 0 Å². The monoisotopic (exact) mass is 436 g/mol. The maximum atomic E-state index is 13.9. The average Bonchev–Trinajstić information content (AvgIpc) is 3.11. The molecule has 0 aliphatic carbocycles. The number of H-pyrrole nitrogens is 1. The Morgan fingerprint density at radius 1 is 1.17 bits per heavy atom. The molecule has 166 valence electrons. The molecular formula is C18H20F4N2O6. The molecule has 2 aromatic rings. The number of aliphatic hydroxyl groups excluding tert-OH is 3. The van der Waals surface area contributed by atoms with Crippen molar-refractivity contribution in [2.75, 3.05) is 13.7 Å². The van der Waals surface area contributed by atoms with Crippen molar-refractivity contribution in [2.24, 2.45) is 0 Å². The molecule has 1 aliphatic heterocycles. The second-order valence-electron chi connectivity index (χ2n) is 6.67. The standard InChI is InChI=1S/C18H20F4N2O6/c1-28-9-4-2-8(3-5-9)6-10-15(18(20,21)22)23-24-16(10)30-17-14(27)13(26)12(19)11(7-25)29-17/h2-5,11-14,17,25-27H,6-7H2,1H3,(H,23,24). The van der Waals surface area contributed by atoms with Crippen LogP contribution in [0.15, 0.2) is 24.3 Å². The zero-order chi connectivity index (χ0) is 22.1. The fraction of sp³-hybridized carbons (Fsp3) is 0.500. The number of rotatable bonds is 6. The molecular weight excluding hydrogens is 416 g/mol. The van der Waals surface area contributed by atoms with Gasteiger partial charge in [-0.05, 0) is 17.7 Å². The van der Waals surface area contributed by atoms with E-state index in [0.717, 1.165) is 0 Å². The minimum atomic E-state index is -4.78. The fourth-order valence-electron chi connectivity index (χ4n) is 3.04. The first kappa shape index (κ1) is 22.3. The van der Waals surface area contributed by atoms with E-state index in [1.165, 1.54) is 7.11 Å². The van der Waals surface area contributed by atoms with Crippen LogP contribution in [0.5, 0.6) is 11.6 Å². The number of ether oxygens (including phenoxy) is 3. The number of hydrogen-bond acceptors (Lipinski definition) is 7. The highest BCUT2D eigenvalue weighted by molar-refractivity contribution is 5.39. The molecule has 0 bridgehead atoms. The fourth-order valence-corrected chi connectivity index (χ4v) is 3.04. The third-order valence-corrected chi connectivity index (χ3v) is 4.68. The predicted molar refractivity (Wildman–Crippen MR) is 92.7 cm³/mol. The van der Waals surface area contributed by atoms with E-state index in [2.05, 4.69) is 5.10 Å². The van der Waals surface area contributed by atoms with Gasteiger partial charge in [0.05, 0.1) is 19.3 Å². The van der Waals surface area contributed by atoms with Crippen LogP contribution >= 0.6 is 0 Å². The van der Waals surface area contributed by atoms with Gasteiger partial charge in [-0.25, -0.2) is 4.39 Å². The Hall–Kier alpha value is -2.41. The summed E-state index contributed by atoms with van der Waals surface area (Å²) in [6, 6.07) is 6.25. The zero-order valence-corrected chi connectivity index (χ0v) is 15.6. The first-order chi connectivity index (χ1) is 14.2. The molecule has 0 amide bonds. The summed E-state index contributed by atoms with van der Waals surface area (Å²) >= 11 is 0. The second-order valence-corrected chi connectivity index (χ2v) is 6.67. The zero-order valence-electron chi connectivity index (χ0n) is 15.6. The van der Waals surface area contributed by atoms with E-state index < -0.39 is 55.1 Å². The lowest BCUT2D eigenvalue weighted by molar-refractivity contribution is -0.265. The lowest BCUT2D eigenvalue weighted by Crippen LogP contribution is -2.58. The van der Waals surface area contributed by atoms with Crippen molar-refractivity contribution in [1.29, 1.82) is 0 Å². The van der Waals surface area contributed by atoms with Gasteiger partial charge >= 0.3 is 6.18 Å². The minimum Gasteiger partial charge on any atom is -0.497 e. The molecule has 1 fully saturated rings. The number of alkyl halides is 4. The van der Waals surface area contributed by atoms with Gasteiger partial charge in [0, 0.05) is 6.42 Å². The summed E-state index contributed by atoms with van der Waals surface area (Å²) in [5, 5.41) is 34.3. The third kappa shape index (κ3) is 4.51. The number of aromatic nitrogens is 2. The first-order valence-electron chi connectivity index (χ1n) is 8.86. The molecule has 30 heavy (non-hydrogen) atoms. The Morgan fingerprint density at radius 2 is 1.83 bits per heavy atom. The summed E-state index contributed by atoms with van der Waals surface area (Å²) in [6.45, 7) is -0.835. The van der Waals surface area contributed by atoms with Gasteiger partial charge in [-0.2, -0.15) is 13.2 Å². The van der Waals surface area contributed by atoms with Gasteiger partial charge in [-0.3, -0.25) is 5.10 Å². The number of methoxy groups -OCH3 is 1. The smallest absolute Gasteiger partial charge is 0.433 e. The summed E-state index contributed by atoms with van der Waals surface area (Å²) in [5.74, 6) is -0.0228. The molecule has 1 aromatic heterocycles. The van der Waals surface area contributed by atoms with Crippen molar-refractivity contribution in [3.05, 3.63) is 41.1 Å². The minimum absolute atomic E-state index is 0.245. The van der Waals surface area contributed by atoms with Gasteiger partial charge in [0.25, 0.3) is 0 Å².